The SMILES string of the molecule is CCOc1nn(CCOc2ccc3ccccc3c2CC(=O)O)cc1C(=O)NCc1ccc(Cl)cc1Cl. The van der Waals surface area contributed by atoms with Gasteiger partial charge in [-0.3, -0.25) is 14.3 Å². The van der Waals surface area contributed by atoms with Crippen LogP contribution in [0.15, 0.2) is 60.8 Å². The summed E-state index contributed by atoms with van der Waals surface area (Å²) in [5, 5.41) is 19.3. The first-order valence-electron chi connectivity index (χ1n) is 11.6. The lowest BCUT2D eigenvalue weighted by molar-refractivity contribution is -0.136. The van der Waals surface area contributed by atoms with E-state index in [9.17, 15) is 14.7 Å². The normalized spacial score (nSPS) is 10.9. The zero-order valence-electron chi connectivity index (χ0n) is 20.0. The van der Waals surface area contributed by atoms with Crippen molar-refractivity contribution in [2.24, 2.45) is 0 Å². The number of carbonyl (C=O) groups is 2. The van der Waals surface area contributed by atoms with E-state index in [1.165, 1.54) is 0 Å². The number of amides is 1. The van der Waals surface area contributed by atoms with Crippen molar-refractivity contribution in [3.05, 3.63) is 87.5 Å². The number of rotatable bonds is 11. The Kier molecular flexibility index (Phi) is 8.53. The highest BCUT2D eigenvalue weighted by Crippen LogP contribution is 2.29. The third-order valence-electron chi connectivity index (χ3n) is 5.61. The van der Waals surface area contributed by atoms with E-state index < -0.39 is 5.97 Å². The first-order chi connectivity index (χ1) is 17.9. The molecule has 0 fully saturated rings. The number of hydrogen-bond acceptors (Lipinski definition) is 5. The highest BCUT2D eigenvalue weighted by Gasteiger charge is 2.19. The Morgan fingerprint density at radius 3 is 2.65 bits per heavy atom. The molecule has 192 valence electrons. The molecule has 0 saturated heterocycles. The molecule has 1 heterocycles. The molecule has 0 saturated carbocycles. The summed E-state index contributed by atoms with van der Waals surface area (Å²) in [6, 6.07) is 16.3. The molecule has 1 aromatic heterocycles. The van der Waals surface area contributed by atoms with Crippen molar-refractivity contribution >= 4 is 45.9 Å². The van der Waals surface area contributed by atoms with Gasteiger partial charge < -0.3 is 19.9 Å². The number of nitrogens with one attached hydrogen (secondary N) is 1. The van der Waals surface area contributed by atoms with E-state index in [1.807, 2.05) is 30.3 Å². The van der Waals surface area contributed by atoms with Crippen molar-refractivity contribution in [1.82, 2.24) is 15.1 Å². The molecule has 0 radical (unpaired) electrons. The van der Waals surface area contributed by atoms with Crippen molar-refractivity contribution in [2.75, 3.05) is 13.2 Å². The van der Waals surface area contributed by atoms with Crippen molar-refractivity contribution in [3.8, 4) is 11.6 Å². The highest BCUT2D eigenvalue weighted by atomic mass is 35.5. The second-order valence-corrected chi connectivity index (χ2v) is 8.99. The predicted octanol–water partition coefficient (Wildman–Crippen LogP) is 5.38. The summed E-state index contributed by atoms with van der Waals surface area (Å²) in [6.07, 6.45) is 1.43. The van der Waals surface area contributed by atoms with Crippen molar-refractivity contribution in [2.45, 2.75) is 26.4 Å². The van der Waals surface area contributed by atoms with Gasteiger partial charge in [0, 0.05) is 28.4 Å². The van der Waals surface area contributed by atoms with Crippen LogP contribution in [0.4, 0.5) is 0 Å². The number of aromatic nitrogens is 2. The molecule has 0 bridgehead atoms. The molecular weight excluding hydrogens is 517 g/mol. The standard InChI is InChI=1S/C27H25Cl2N3O5/c1-2-36-27-22(26(35)30-15-18-7-9-19(28)13-23(18)29)16-32(31-27)11-12-37-24-10-8-17-5-3-4-6-20(17)21(24)14-25(33)34/h3-10,13,16H,2,11-12,14-15H2,1H3,(H,30,35)(H,33,34). The van der Waals surface area contributed by atoms with E-state index >= 15 is 0 Å². The minimum absolute atomic E-state index is 0.158. The van der Waals surface area contributed by atoms with Crippen LogP contribution in [0.25, 0.3) is 10.8 Å². The Hall–Kier alpha value is -3.75. The van der Waals surface area contributed by atoms with Crippen LogP contribution in [0.5, 0.6) is 11.6 Å². The number of nitrogens with zero attached hydrogens (tertiary/aromatic N) is 2. The number of hydrogen-bond donors (Lipinski definition) is 2. The minimum Gasteiger partial charge on any atom is -0.491 e. The van der Waals surface area contributed by atoms with Crippen LogP contribution in [0, 0.1) is 0 Å². The third-order valence-corrected chi connectivity index (χ3v) is 6.20. The summed E-state index contributed by atoms with van der Waals surface area (Å²) in [5.41, 5.74) is 1.62. The summed E-state index contributed by atoms with van der Waals surface area (Å²) in [6.45, 7) is 2.88. The van der Waals surface area contributed by atoms with Crippen LogP contribution in [-0.2, 0) is 24.3 Å². The maximum Gasteiger partial charge on any atom is 0.307 e. The van der Waals surface area contributed by atoms with E-state index in [0.29, 0.717) is 34.5 Å². The van der Waals surface area contributed by atoms with Gasteiger partial charge in [0.2, 0.25) is 5.88 Å². The van der Waals surface area contributed by atoms with Crippen molar-refractivity contribution in [3.63, 3.8) is 0 Å². The zero-order chi connectivity index (χ0) is 26.4. The lowest BCUT2D eigenvalue weighted by Crippen LogP contribution is -2.23. The molecule has 3 aromatic carbocycles. The van der Waals surface area contributed by atoms with E-state index in [1.54, 1.807) is 42.1 Å². The smallest absolute Gasteiger partial charge is 0.307 e. The Bertz CT molecular complexity index is 1440. The van der Waals surface area contributed by atoms with Crippen molar-refractivity contribution < 1.29 is 24.2 Å². The Morgan fingerprint density at radius 2 is 1.89 bits per heavy atom. The third kappa shape index (κ3) is 6.53. The van der Waals surface area contributed by atoms with E-state index in [4.69, 9.17) is 32.7 Å². The molecule has 10 heteroatoms. The fourth-order valence-electron chi connectivity index (χ4n) is 3.89. The second kappa shape index (κ2) is 12.0. The van der Waals surface area contributed by atoms with Gasteiger partial charge in [-0.1, -0.05) is 59.6 Å². The maximum absolute atomic E-state index is 12.9. The molecule has 4 aromatic rings. The lowest BCUT2D eigenvalue weighted by Gasteiger charge is -2.13. The van der Waals surface area contributed by atoms with Crippen LogP contribution < -0.4 is 14.8 Å². The lowest BCUT2D eigenvalue weighted by atomic mass is 10.0. The number of ether oxygens (including phenoxy) is 2. The topological polar surface area (TPSA) is 103 Å². The fourth-order valence-corrected chi connectivity index (χ4v) is 4.36. The van der Waals surface area contributed by atoms with Crippen LogP contribution in [-0.4, -0.2) is 40.0 Å². The molecule has 37 heavy (non-hydrogen) atoms. The van der Waals surface area contributed by atoms with E-state index in [2.05, 4.69) is 10.4 Å². The molecule has 0 aliphatic carbocycles. The summed E-state index contributed by atoms with van der Waals surface area (Å²) in [5.74, 6) is -0.597. The maximum atomic E-state index is 12.9. The number of carbonyl (C=O) groups excluding carboxylic acids is 1. The molecule has 0 aliphatic heterocycles. The summed E-state index contributed by atoms with van der Waals surface area (Å²) < 4.78 is 13.1. The molecule has 0 aliphatic rings. The van der Waals surface area contributed by atoms with Crippen LogP contribution in [0.2, 0.25) is 10.0 Å². The van der Waals surface area contributed by atoms with Gasteiger partial charge in [-0.05, 0) is 41.5 Å². The van der Waals surface area contributed by atoms with Crippen LogP contribution in [0.1, 0.15) is 28.4 Å². The van der Waals surface area contributed by atoms with E-state index in [-0.39, 0.29) is 36.9 Å². The van der Waals surface area contributed by atoms with Gasteiger partial charge in [-0.25, -0.2) is 0 Å². The first kappa shape index (κ1) is 26.3. The highest BCUT2D eigenvalue weighted by molar-refractivity contribution is 6.35. The van der Waals surface area contributed by atoms with Gasteiger partial charge in [-0.2, -0.15) is 0 Å². The molecule has 2 N–H and O–H groups in total. The van der Waals surface area contributed by atoms with Crippen LogP contribution >= 0.6 is 23.2 Å². The predicted molar refractivity (Wildman–Crippen MR) is 142 cm³/mol. The molecule has 8 nitrogen and oxygen atoms in total. The van der Waals surface area contributed by atoms with Gasteiger partial charge in [0.05, 0.1) is 19.6 Å². The van der Waals surface area contributed by atoms with Gasteiger partial charge >= 0.3 is 5.97 Å². The number of aliphatic carboxylic acids is 1. The number of fused-ring (bicyclic) bond motifs is 1. The summed E-state index contributed by atoms with van der Waals surface area (Å²) >= 11 is 12.1. The number of carboxylic acid groups (broad SMARTS) is 1. The second-order valence-electron chi connectivity index (χ2n) is 8.14. The van der Waals surface area contributed by atoms with Gasteiger partial charge in [-0.15, -0.1) is 5.10 Å². The average molecular weight is 542 g/mol. The van der Waals surface area contributed by atoms with E-state index in [0.717, 1.165) is 16.3 Å². The first-order valence-corrected chi connectivity index (χ1v) is 12.4. The van der Waals surface area contributed by atoms with Gasteiger partial charge in [0.1, 0.15) is 17.9 Å². The Labute approximate surface area is 223 Å². The number of halogens is 2. The largest absolute Gasteiger partial charge is 0.491 e. The molecule has 0 unspecified atom stereocenters. The quantitative estimate of drug-likeness (QED) is 0.264. The molecule has 0 spiro atoms. The number of benzene rings is 3. The molecule has 4 rings (SSSR count). The molecule has 0 atom stereocenters. The monoisotopic (exact) mass is 541 g/mol. The zero-order valence-corrected chi connectivity index (χ0v) is 21.6. The number of carboxylic acids is 1. The Morgan fingerprint density at radius 1 is 1.08 bits per heavy atom. The molecule has 1 amide bonds. The summed E-state index contributed by atoms with van der Waals surface area (Å²) in [4.78, 5) is 24.3. The fraction of sp³-hybridized carbons (Fsp3) is 0.222. The minimum atomic E-state index is -0.940. The van der Waals surface area contributed by atoms with Crippen molar-refractivity contribution in [1.29, 1.82) is 0 Å². The average Bonchev–Trinajstić information content (AvgIpc) is 3.27. The Balaban J connectivity index is 1.45. The summed E-state index contributed by atoms with van der Waals surface area (Å²) in [7, 11) is 0. The van der Waals surface area contributed by atoms with Gasteiger partial charge in [0.25, 0.3) is 5.91 Å². The van der Waals surface area contributed by atoms with Gasteiger partial charge in [0.15, 0.2) is 0 Å². The van der Waals surface area contributed by atoms with Crippen LogP contribution in [0.3, 0.4) is 0 Å². The molecular formula is C27H25Cl2N3O5.